The summed E-state index contributed by atoms with van der Waals surface area (Å²) in [6, 6.07) is 40.5. The van der Waals surface area contributed by atoms with Crippen molar-refractivity contribution in [2.45, 2.75) is 32.5 Å². The number of fused-ring (bicyclic) bond motifs is 2. The maximum Gasteiger partial charge on any atom is 0.118 e. The maximum atomic E-state index is 12.4. The Morgan fingerprint density at radius 2 is 0.886 bits per heavy atom. The van der Waals surface area contributed by atoms with Gasteiger partial charge < -0.3 is 24.1 Å². The molecule has 0 saturated heterocycles. The number of hydrogen-bond acceptors (Lipinski definition) is 5. The van der Waals surface area contributed by atoms with Gasteiger partial charge in [-0.2, -0.15) is 0 Å². The van der Waals surface area contributed by atoms with Crippen LogP contribution in [0.15, 0.2) is 121 Å². The van der Waals surface area contributed by atoms with Crippen LogP contribution in [0, 0.1) is 0 Å². The molecule has 0 radical (unpaired) electrons. The zero-order chi connectivity index (χ0) is 30.3. The third kappa shape index (κ3) is 6.46. The number of methoxy groups -OCH3 is 2. The van der Waals surface area contributed by atoms with Crippen LogP contribution in [0.3, 0.4) is 0 Å². The lowest BCUT2D eigenvalue weighted by Crippen LogP contribution is -2.10. The first-order valence-corrected chi connectivity index (χ1v) is 14.7. The van der Waals surface area contributed by atoms with Crippen LogP contribution in [0.1, 0.15) is 39.5 Å². The summed E-state index contributed by atoms with van der Waals surface area (Å²) in [6.07, 6.45) is -0.897. The molecule has 0 aromatic heterocycles. The van der Waals surface area contributed by atoms with Gasteiger partial charge in [0, 0.05) is 0 Å². The monoisotopic (exact) mass is 584 g/mol. The van der Waals surface area contributed by atoms with E-state index in [0.29, 0.717) is 26.4 Å². The Balaban J connectivity index is 1.33. The van der Waals surface area contributed by atoms with Gasteiger partial charge in [-0.25, -0.2) is 0 Å². The second kappa shape index (κ2) is 13.7. The summed E-state index contributed by atoms with van der Waals surface area (Å²) in [4.78, 5) is 0. The molecular weight excluding hydrogens is 548 g/mol. The van der Waals surface area contributed by atoms with Crippen molar-refractivity contribution in [1.29, 1.82) is 0 Å². The van der Waals surface area contributed by atoms with Crippen LogP contribution >= 0.6 is 0 Å². The molecule has 0 heterocycles. The van der Waals surface area contributed by atoms with E-state index in [1.807, 2.05) is 72.8 Å². The summed E-state index contributed by atoms with van der Waals surface area (Å²) in [5.41, 5.74) is 5.71. The van der Waals surface area contributed by atoms with Crippen LogP contribution < -0.4 is 9.47 Å². The Morgan fingerprint density at radius 3 is 1.30 bits per heavy atom. The van der Waals surface area contributed by atoms with Gasteiger partial charge in [-0.15, -0.1) is 0 Å². The highest BCUT2D eigenvalue weighted by molar-refractivity contribution is 5.91. The summed E-state index contributed by atoms with van der Waals surface area (Å²) in [6.45, 7) is 1.62. The zero-order valence-corrected chi connectivity index (χ0v) is 25.0. The van der Waals surface area contributed by atoms with Crippen molar-refractivity contribution in [1.82, 2.24) is 0 Å². The van der Waals surface area contributed by atoms with Crippen LogP contribution in [0.4, 0.5) is 0 Å². The van der Waals surface area contributed by atoms with Crippen molar-refractivity contribution in [2.24, 2.45) is 0 Å². The fourth-order valence-electron chi connectivity index (χ4n) is 5.72. The molecule has 0 spiro atoms. The number of hydrogen-bond donors (Lipinski definition) is 1. The quantitative estimate of drug-likeness (QED) is 0.156. The van der Waals surface area contributed by atoms with Gasteiger partial charge in [-0.1, -0.05) is 97.1 Å². The molecule has 0 bridgehead atoms. The third-order valence-corrected chi connectivity index (χ3v) is 8.04. The molecule has 222 valence electrons. The fraction of sp³-hybridized carbons (Fsp3) is 0.179. The minimum absolute atomic E-state index is 0.358. The van der Waals surface area contributed by atoms with E-state index in [0.717, 1.165) is 66.4 Å². The van der Waals surface area contributed by atoms with E-state index in [4.69, 9.17) is 18.9 Å². The van der Waals surface area contributed by atoms with E-state index in [-0.39, 0.29) is 0 Å². The number of aliphatic hydroxyl groups is 1. The predicted octanol–water partition coefficient (Wildman–Crippen LogP) is 8.53. The Hall–Kier alpha value is -4.68. The molecule has 6 aromatic carbocycles. The van der Waals surface area contributed by atoms with Crippen LogP contribution in [0.2, 0.25) is 0 Å². The first kappa shape index (κ1) is 29.4. The molecule has 5 nitrogen and oxygen atoms in total. The molecule has 0 amide bonds. The average Bonchev–Trinajstić information content (AvgIpc) is 3.08. The van der Waals surface area contributed by atoms with Crippen molar-refractivity contribution in [3.63, 3.8) is 0 Å². The summed E-state index contributed by atoms with van der Waals surface area (Å²) < 4.78 is 23.0. The lowest BCUT2D eigenvalue weighted by molar-refractivity contribution is 0.102. The van der Waals surface area contributed by atoms with Crippen molar-refractivity contribution in [3.05, 3.63) is 155 Å². The normalized spacial score (nSPS) is 11.4. The molecule has 0 aliphatic rings. The largest absolute Gasteiger partial charge is 0.497 e. The van der Waals surface area contributed by atoms with Gasteiger partial charge in [0.2, 0.25) is 0 Å². The second-order valence-electron chi connectivity index (χ2n) is 10.8. The topological polar surface area (TPSA) is 57.2 Å². The Labute approximate surface area is 258 Å². The van der Waals surface area contributed by atoms with Gasteiger partial charge in [0.15, 0.2) is 0 Å². The molecule has 0 saturated carbocycles. The smallest absolute Gasteiger partial charge is 0.118 e. The summed E-state index contributed by atoms with van der Waals surface area (Å²) in [5.74, 6) is 1.63. The standard InChI is InChI=1S/C39H36O5/c1-41-33-19-11-27(12-20-33)23-43-25-31-17-15-29-7-3-5-9-35(29)37(31)39(40)38-32(18-16-30-8-4-6-10-36(30)38)26-44-24-28-13-21-34(42-2)22-14-28/h3-22,39-40H,23-26H2,1-2H3. The highest BCUT2D eigenvalue weighted by Crippen LogP contribution is 2.38. The van der Waals surface area contributed by atoms with Crippen LogP contribution in [-0.4, -0.2) is 19.3 Å². The number of aliphatic hydroxyl groups excluding tert-OH is 1. The summed E-state index contributed by atoms with van der Waals surface area (Å²) in [5, 5.41) is 16.5. The zero-order valence-electron chi connectivity index (χ0n) is 25.0. The van der Waals surface area contributed by atoms with Crippen molar-refractivity contribution in [3.8, 4) is 11.5 Å². The van der Waals surface area contributed by atoms with E-state index >= 15 is 0 Å². The Kier molecular flexibility index (Phi) is 9.18. The molecule has 0 atom stereocenters. The highest BCUT2D eigenvalue weighted by Gasteiger charge is 2.23. The average molecular weight is 585 g/mol. The Bertz CT molecular complexity index is 1710. The SMILES string of the molecule is COc1ccc(COCc2ccc3ccccc3c2C(O)c2c(COCc3ccc(OC)cc3)ccc3ccccc23)cc1. The van der Waals surface area contributed by atoms with E-state index < -0.39 is 6.10 Å². The molecule has 6 rings (SSSR count). The van der Waals surface area contributed by atoms with Gasteiger partial charge >= 0.3 is 0 Å². The van der Waals surface area contributed by atoms with Gasteiger partial charge in [-0.05, 0) is 79.2 Å². The molecule has 0 aliphatic heterocycles. The lowest BCUT2D eigenvalue weighted by Gasteiger charge is -2.23. The number of rotatable bonds is 12. The fourth-order valence-corrected chi connectivity index (χ4v) is 5.72. The van der Waals surface area contributed by atoms with E-state index in [1.165, 1.54) is 0 Å². The van der Waals surface area contributed by atoms with Gasteiger partial charge in [0.1, 0.15) is 17.6 Å². The number of benzene rings is 6. The second-order valence-corrected chi connectivity index (χ2v) is 10.8. The highest BCUT2D eigenvalue weighted by atomic mass is 16.5. The molecule has 0 fully saturated rings. The number of ether oxygens (including phenoxy) is 4. The molecule has 5 heteroatoms. The van der Waals surface area contributed by atoms with Crippen molar-refractivity contribution in [2.75, 3.05) is 14.2 Å². The summed E-state index contributed by atoms with van der Waals surface area (Å²) >= 11 is 0. The first-order valence-electron chi connectivity index (χ1n) is 14.7. The minimum atomic E-state index is -0.897. The molecule has 1 N–H and O–H groups in total. The van der Waals surface area contributed by atoms with Gasteiger partial charge in [0.25, 0.3) is 0 Å². The van der Waals surface area contributed by atoms with Crippen LogP contribution in [-0.2, 0) is 35.9 Å². The predicted molar refractivity (Wildman–Crippen MR) is 175 cm³/mol. The first-order chi connectivity index (χ1) is 21.6. The van der Waals surface area contributed by atoms with Gasteiger partial charge in [-0.3, -0.25) is 0 Å². The van der Waals surface area contributed by atoms with Crippen molar-refractivity contribution >= 4 is 21.5 Å². The van der Waals surface area contributed by atoms with Gasteiger partial charge in [0.05, 0.1) is 40.6 Å². The Morgan fingerprint density at radius 1 is 0.477 bits per heavy atom. The van der Waals surface area contributed by atoms with E-state index in [1.54, 1.807) is 14.2 Å². The summed E-state index contributed by atoms with van der Waals surface area (Å²) in [7, 11) is 3.32. The van der Waals surface area contributed by atoms with Crippen molar-refractivity contribution < 1.29 is 24.1 Å². The maximum absolute atomic E-state index is 12.4. The molecule has 0 aliphatic carbocycles. The van der Waals surface area contributed by atoms with Crippen LogP contribution in [0.5, 0.6) is 11.5 Å². The van der Waals surface area contributed by atoms with E-state index in [9.17, 15) is 5.11 Å². The third-order valence-electron chi connectivity index (χ3n) is 8.04. The molecule has 44 heavy (non-hydrogen) atoms. The minimum Gasteiger partial charge on any atom is -0.497 e. The molecule has 0 unspecified atom stereocenters. The van der Waals surface area contributed by atoms with E-state index in [2.05, 4.69) is 48.5 Å². The van der Waals surface area contributed by atoms with Crippen LogP contribution in [0.25, 0.3) is 21.5 Å². The molecular formula is C39H36O5. The lowest BCUT2D eigenvalue weighted by atomic mass is 9.87. The molecule has 6 aromatic rings.